The smallest absolute Gasteiger partial charge is 0.323 e. The van der Waals surface area contributed by atoms with Crippen LogP contribution in [-0.2, 0) is 4.79 Å². The second kappa shape index (κ2) is 10.2. The van der Waals surface area contributed by atoms with Gasteiger partial charge in [-0.3, -0.25) is 9.59 Å². The van der Waals surface area contributed by atoms with Gasteiger partial charge in [0.05, 0.1) is 0 Å². The third kappa shape index (κ3) is 6.54. The Balaban J connectivity index is 1.51. The minimum Gasteiger partial charge on any atom is -0.326 e. The van der Waals surface area contributed by atoms with Crippen LogP contribution in [0.15, 0.2) is 72.8 Å². The van der Waals surface area contributed by atoms with Crippen LogP contribution in [0, 0.1) is 13.8 Å². The molecule has 31 heavy (non-hydrogen) atoms. The summed E-state index contributed by atoms with van der Waals surface area (Å²) in [5.41, 5.74) is 4.55. The zero-order valence-corrected chi connectivity index (χ0v) is 17.6. The van der Waals surface area contributed by atoms with E-state index >= 15 is 0 Å². The average molecular weight is 415 g/mol. The van der Waals surface area contributed by atoms with Crippen molar-refractivity contribution in [2.45, 2.75) is 26.7 Å². The van der Waals surface area contributed by atoms with Gasteiger partial charge in [0.2, 0.25) is 5.91 Å². The summed E-state index contributed by atoms with van der Waals surface area (Å²) in [5, 5.41) is 8.23. The fraction of sp³-hybridized carbons (Fsp3) is 0.160. The second-order valence-electron chi connectivity index (χ2n) is 7.30. The molecule has 0 saturated heterocycles. The Labute approximate surface area is 181 Å². The van der Waals surface area contributed by atoms with Crippen molar-refractivity contribution in [3.8, 4) is 0 Å². The molecule has 0 spiro atoms. The van der Waals surface area contributed by atoms with E-state index in [9.17, 15) is 14.4 Å². The molecule has 6 nitrogen and oxygen atoms in total. The molecule has 0 aliphatic heterocycles. The number of amides is 3. The first-order chi connectivity index (χ1) is 14.9. The lowest BCUT2D eigenvalue weighted by Crippen LogP contribution is -2.19. The van der Waals surface area contributed by atoms with Crippen molar-refractivity contribution in [2.75, 3.05) is 16.0 Å². The molecule has 0 bridgehead atoms. The van der Waals surface area contributed by atoms with Crippen molar-refractivity contribution in [2.24, 2.45) is 0 Å². The molecule has 0 aliphatic carbocycles. The van der Waals surface area contributed by atoms with Crippen LogP contribution in [0.5, 0.6) is 0 Å². The topological polar surface area (TPSA) is 87.3 Å². The first-order valence-corrected chi connectivity index (χ1v) is 10.0. The van der Waals surface area contributed by atoms with E-state index in [0.717, 1.165) is 11.1 Å². The number of Topliss-reactive ketones (excluding diaryl/α,β-unsaturated/α-hetero) is 1. The van der Waals surface area contributed by atoms with Crippen LogP contribution in [0.2, 0.25) is 0 Å². The summed E-state index contributed by atoms with van der Waals surface area (Å²) in [6, 6.07) is 21.1. The van der Waals surface area contributed by atoms with Crippen LogP contribution in [0.3, 0.4) is 0 Å². The number of carbonyl (C=O) groups is 3. The van der Waals surface area contributed by atoms with Crippen LogP contribution < -0.4 is 16.0 Å². The van der Waals surface area contributed by atoms with Crippen molar-refractivity contribution in [1.29, 1.82) is 0 Å². The van der Waals surface area contributed by atoms with Crippen LogP contribution >= 0.6 is 0 Å². The maximum atomic E-state index is 12.4. The third-order valence-electron chi connectivity index (χ3n) is 4.84. The van der Waals surface area contributed by atoms with Crippen LogP contribution in [0.25, 0.3) is 0 Å². The summed E-state index contributed by atoms with van der Waals surface area (Å²) in [4.78, 5) is 36.8. The molecule has 3 N–H and O–H groups in total. The number of ketones is 1. The predicted octanol–water partition coefficient (Wildman–Crippen LogP) is 5.55. The van der Waals surface area contributed by atoms with E-state index in [4.69, 9.17) is 0 Å². The van der Waals surface area contributed by atoms with Gasteiger partial charge >= 0.3 is 6.03 Å². The van der Waals surface area contributed by atoms with Crippen molar-refractivity contribution in [3.63, 3.8) is 0 Å². The van der Waals surface area contributed by atoms with E-state index in [-0.39, 0.29) is 30.6 Å². The van der Waals surface area contributed by atoms with Crippen LogP contribution in [0.1, 0.15) is 34.3 Å². The Kier molecular flexibility index (Phi) is 7.17. The standard InChI is InChI=1S/C25H25N3O3/c1-17-11-12-19(15-18(17)2)23(29)13-14-24(30)26-21-9-6-10-22(16-21)28-25(31)27-20-7-4-3-5-8-20/h3-12,15-16H,13-14H2,1-2H3,(H,26,30)(H2,27,28,31). The van der Waals surface area contributed by atoms with Gasteiger partial charge in [0.1, 0.15) is 0 Å². The molecule has 3 amide bonds. The molecule has 0 heterocycles. The Morgan fingerprint density at radius 2 is 1.29 bits per heavy atom. The number of hydrogen-bond acceptors (Lipinski definition) is 3. The van der Waals surface area contributed by atoms with Crippen molar-refractivity contribution < 1.29 is 14.4 Å². The molecule has 158 valence electrons. The lowest BCUT2D eigenvalue weighted by atomic mass is 10.0. The van der Waals surface area contributed by atoms with Gasteiger partial charge in [-0.15, -0.1) is 0 Å². The molecule has 0 radical (unpaired) electrons. The number of rotatable bonds is 7. The number of anilines is 3. The van der Waals surface area contributed by atoms with Crippen LogP contribution in [-0.4, -0.2) is 17.7 Å². The molecule has 3 rings (SSSR count). The van der Waals surface area contributed by atoms with Crippen molar-refractivity contribution >= 4 is 34.8 Å². The monoisotopic (exact) mass is 415 g/mol. The highest BCUT2D eigenvalue weighted by Crippen LogP contribution is 2.17. The summed E-state index contributed by atoms with van der Waals surface area (Å²) in [5.74, 6) is -0.325. The summed E-state index contributed by atoms with van der Waals surface area (Å²) in [7, 11) is 0. The number of para-hydroxylation sites is 1. The number of carbonyl (C=O) groups excluding carboxylic acids is 3. The molecule has 0 aromatic heterocycles. The molecule has 0 aliphatic rings. The number of aryl methyl sites for hydroxylation is 2. The molecule has 3 aromatic rings. The van der Waals surface area contributed by atoms with E-state index in [1.165, 1.54) is 0 Å². The van der Waals surface area contributed by atoms with Gasteiger partial charge in [-0.2, -0.15) is 0 Å². The summed E-state index contributed by atoms with van der Waals surface area (Å²) in [6.45, 7) is 3.95. The molecule has 0 fully saturated rings. The first-order valence-electron chi connectivity index (χ1n) is 10.0. The SMILES string of the molecule is Cc1ccc(C(=O)CCC(=O)Nc2cccc(NC(=O)Nc3ccccc3)c2)cc1C. The van der Waals surface area contributed by atoms with Crippen LogP contribution in [0.4, 0.5) is 21.9 Å². The van der Waals surface area contributed by atoms with Gasteiger partial charge in [0.25, 0.3) is 0 Å². The zero-order valence-electron chi connectivity index (χ0n) is 17.6. The number of hydrogen-bond donors (Lipinski definition) is 3. The predicted molar refractivity (Wildman–Crippen MR) is 124 cm³/mol. The van der Waals surface area contributed by atoms with Gasteiger partial charge in [-0.05, 0) is 61.4 Å². The van der Waals surface area contributed by atoms with E-state index in [1.54, 1.807) is 42.5 Å². The second-order valence-corrected chi connectivity index (χ2v) is 7.30. The quantitative estimate of drug-likeness (QED) is 0.442. The fourth-order valence-electron chi connectivity index (χ4n) is 3.00. The molecule has 0 saturated carbocycles. The van der Waals surface area contributed by atoms with E-state index in [2.05, 4.69) is 16.0 Å². The van der Waals surface area contributed by atoms with Crippen molar-refractivity contribution in [3.05, 3.63) is 89.5 Å². The lowest BCUT2D eigenvalue weighted by Gasteiger charge is -2.10. The molecule has 0 atom stereocenters. The van der Waals surface area contributed by atoms with Gasteiger partial charge in [-0.1, -0.05) is 36.4 Å². The maximum Gasteiger partial charge on any atom is 0.323 e. The largest absolute Gasteiger partial charge is 0.326 e. The first kappa shape index (κ1) is 21.8. The van der Waals surface area contributed by atoms with Gasteiger partial charge in [0.15, 0.2) is 5.78 Å². The van der Waals surface area contributed by atoms with Gasteiger partial charge in [-0.25, -0.2) is 4.79 Å². The normalized spacial score (nSPS) is 10.3. The zero-order chi connectivity index (χ0) is 22.2. The minimum absolute atomic E-state index is 0.0637. The molecular weight excluding hydrogens is 390 g/mol. The molecular formula is C25H25N3O3. The van der Waals surface area contributed by atoms with E-state index in [1.807, 2.05) is 44.2 Å². The number of nitrogens with one attached hydrogen (secondary N) is 3. The summed E-state index contributed by atoms with van der Waals surface area (Å²) >= 11 is 0. The highest BCUT2D eigenvalue weighted by molar-refractivity contribution is 6.01. The lowest BCUT2D eigenvalue weighted by molar-refractivity contribution is -0.116. The van der Waals surface area contributed by atoms with E-state index in [0.29, 0.717) is 22.6 Å². The Morgan fingerprint density at radius 3 is 2.00 bits per heavy atom. The van der Waals surface area contributed by atoms with Gasteiger partial charge < -0.3 is 16.0 Å². The Bertz CT molecular complexity index is 1090. The highest BCUT2D eigenvalue weighted by atomic mass is 16.2. The molecule has 3 aromatic carbocycles. The number of benzene rings is 3. The molecule has 0 unspecified atom stereocenters. The summed E-state index contributed by atoms with van der Waals surface area (Å²) in [6.07, 6.45) is 0.212. The van der Waals surface area contributed by atoms with Gasteiger partial charge in [0, 0.05) is 35.5 Å². The van der Waals surface area contributed by atoms with E-state index < -0.39 is 0 Å². The maximum absolute atomic E-state index is 12.4. The fourth-order valence-corrected chi connectivity index (χ4v) is 3.00. The highest BCUT2D eigenvalue weighted by Gasteiger charge is 2.11. The minimum atomic E-state index is -0.381. The third-order valence-corrected chi connectivity index (χ3v) is 4.84. The van der Waals surface area contributed by atoms with Crippen molar-refractivity contribution in [1.82, 2.24) is 0 Å². The Hall–Kier alpha value is -3.93. The Morgan fingerprint density at radius 1 is 0.645 bits per heavy atom. The average Bonchev–Trinajstić information content (AvgIpc) is 2.75. The number of urea groups is 1. The summed E-state index contributed by atoms with van der Waals surface area (Å²) < 4.78 is 0. The molecule has 6 heteroatoms.